The fourth-order valence-corrected chi connectivity index (χ4v) is 2.71. The summed E-state index contributed by atoms with van der Waals surface area (Å²) in [6, 6.07) is 6.17. The van der Waals surface area contributed by atoms with Crippen LogP contribution in [0.3, 0.4) is 0 Å². The van der Waals surface area contributed by atoms with Crippen LogP contribution in [0.5, 0.6) is 0 Å². The Morgan fingerprint density at radius 1 is 1.44 bits per heavy atom. The number of pyridine rings is 2. The van der Waals surface area contributed by atoms with Crippen LogP contribution >= 0.6 is 39.3 Å². The van der Waals surface area contributed by atoms with E-state index in [4.69, 9.17) is 11.6 Å². The lowest BCUT2D eigenvalue weighted by Gasteiger charge is -2.02. The van der Waals surface area contributed by atoms with E-state index in [1.807, 2.05) is 6.07 Å². The molecule has 0 N–H and O–H groups in total. The zero-order chi connectivity index (χ0) is 13.1. The van der Waals surface area contributed by atoms with Crippen LogP contribution in [0.25, 0.3) is 0 Å². The topological polar surface area (TPSA) is 68.9 Å². The summed E-state index contributed by atoms with van der Waals surface area (Å²) in [7, 11) is 0. The lowest BCUT2D eigenvalue weighted by Crippen LogP contribution is -1.91. The molecule has 0 aliphatic carbocycles. The lowest BCUT2D eigenvalue weighted by molar-refractivity contribution is -0.385. The number of hydrogen-bond acceptors (Lipinski definition) is 5. The molecule has 0 bridgehead atoms. The molecule has 2 aromatic heterocycles. The molecule has 0 aliphatic rings. The molecule has 18 heavy (non-hydrogen) atoms. The highest BCUT2D eigenvalue weighted by molar-refractivity contribution is 9.10. The van der Waals surface area contributed by atoms with Crippen LogP contribution in [0.2, 0.25) is 5.15 Å². The van der Waals surface area contributed by atoms with E-state index in [-0.39, 0.29) is 10.8 Å². The third-order valence-electron chi connectivity index (χ3n) is 1.89. The first-order valence-electron chi connectivity index (χ1n) is 4.66. The Kier molecular flexibility index (Phi) is 4.15. The van der Waals surface area contributed by atoms with Crippen LogP contribution in [0.15, 0.2) is 45.0 Å². The molecule has 0 amide bonds. The van der Waals surface area contributed by atoms with Crippen LogP contribution in [0.4, 0.5) is 5.69 Å². The molecule has 0 saturated carbocycles. The predicted octanol–water partition coefficient (Wildman–Crippen LogP) is 3.95. The van der Waals surface area contributed by atoms with Gasteiger partial charge >= 0.3 is 0 Å². The van der Waals surface area contributed by atoms with Crippen LogP contribution in [0, 0.1) is 10.1 Å². The van der Waals surface area contributed by atoms with Gasteiger partial charge in [-0.15, -0.1) is 0 Å². The normalized spacial score (nSPS) is 10.3. The average Bonchev–Trinajstić information content (AvgIpc) is 2.31. The van der Waals surface area contributed by atoms with Gasteiger partial charge in [-0.05, 0) is 39.8 Å². The Morgan fingerprint density at radius 2 is 2.22 bits per heavy atom. The first-order valence-corrected chi connectivity index (χ1v) is 6.65. The van der Waals surface area contributed by atoms with Gasteiger partial charge in [0.1, 0.15) is 15.2 Å². The van der Waals surface area contributed by atoms with Crippen molar-refractivity contribution in [2.75, 3.05) is 0 Å². The van der Waals surface area contributed by atoms with E-state index in [1.165, 1.54) is 23.9 Å². The molecule has 2 aromatic rings. The third kappa shape index (κ3) is 3.18. The lowest BCUT2D eigenvalue weighted by atomic mass is 10.4. The summed E-state index contributed by atoms with van der Waals surface area (Å²) in [5.74, 6) is 0. The SMILES string of the molecule is O=[N+]([O-])c1cc(Cl)nc(Sc2ncccc2Br)c1. The summed E-state index contributed by atoms with van der Waals surface area (Å²) in [5.41, 5.74) is -0.0930. The maximum Gasteiger partial charge on any atom is 0.275 e. The first-order chi connectivity index (χ1) is 8.56. The Labute approximate surface area is 120 Å². The van der Waals surface area contributed by atoms with Gasteiger partial charge in [-0.25, -0.2) is 9.97 Å². The van der Waals surface area contributed by atoms with E-state index in [2.05, 4.69) is 25.9 Å². The molecule has 92 valence electrons. The fraction of sp³-hybridized carbons (Fsp3) is 0. The second-order valence-electron chi connectivity index (χ2n) is 3.14. The maximum absolute atomic E-state index is 10.7. The van der Waals surface area contributed by atoms with Crippen molar-refractivity contribution in [3.63, 3.8) is 0 Å². The summed E-state index contributed by atoms with van der Waals surface area (Å²) in [5, 5.41) is 11.9. The Hall–Kier alpha value is -1.18. The molecular weight excluding hydrogens is 342 g/mol. The van der Waals surface area contributed by atoms with Gasteiger partial charge in [-0.2, -0.15) is 0 Å². The Bertz CT molecular complexity index is 611. The second-order valence-corrected chi connectivity index (χ2v) is 5.39. The standard InChI is InChI=1S/C10H5BrClN3O2S/c11-7-2-1-3-13-10(7)18-9-5-6(15(16)17)4-8(12)14-9/h1-5H. The number of aromatic nitrogens is 2. The van der Waals surface area contributed by atoms with Crippen LogP contribution in [0.1, 0.15) is 0 Å². The summed E-state index contributed by atoms with van der Waals surface area (Å²) >= 11 is 10.3. The summed E-state index contributed by atoms with van der Waals surface area (Å²) in [6.45, 7) is 0. The second kappa shape index (κ2) is 5.64. The van der Waals surface area contributed by atoms with E-state index in [9.17, 15) is 10.1 Å². The fourth-order valence-electron chi connectivity index (χ4n) is 1.16. The Morgan fingerprint density at radius 3 is 2.89 bits per heavy atom. The predicted molar refractivity (Wildman–Crippen MR) is 72.0 cm³/mol. The van der Waals surface area contributed by atoms with E-state index in [1.54, 1.807) is 12.3 Å². The number of nitro groups is 1. The smallest absolute Gasteiger partial charge is 0.258 e. The molecule has 0 spiro atoms. The molecular formula is C10H5BrClN3O2S. The van der Waals surface area contributed by atoms with Crippen LogP contribution in [-0.4, -0.2) is 14.9 Å². The van der Waals surface area contributed by atoms with Crippen molar-refractivity contribution in [3.8, 4) is 0 Å². The summed E-state index contributed by atoms with van der Waals surface area (Å²) in [6.07, 6.45) is 1.63. The minimum Gasteiger partial charge on any atom is -0.258 e. The van der Waals surface area contributed by atoms with Gasteiger partial charge in [0.05, 0.1) is 15.5 Å². The van der Waals surface area contributed by atoms with Crippen molar-refractivity contribution in [2.45, 2.75) is 10.1 Å². The zero-order valence-corrected chi connectivity index (χ0v) is 11.9. The van der Waals surface area contributed by atoms with Crippen molar-refractivity contribution in [1.29, 1.82) is 0 Å². The third-order valence-corrected chi connectivity index (χ3v) is 3.93. The number of rotatable bonds is 3. The van der Waals surface area contributed by atoms with Gasteiger partial charge in [-0.3, -0.25) is 10.1 Å². The molecule has 0 aromatic carbocycles. The highest BCUT2D eigenvalue weighted by atomic mass is 79.9. The van der Waals surface area contributed by atoms with Crippen molar-refractivity contribution >= 4 is 45.0 Å². The highest BCUT2D eigenvalue weighted by Gasteiger charge is 2.12. The van der Waals surface area contributed by atoms with Gasteiger partial charge < -0.3 is 0 Å². The molecule has 0 unspecified atom stereocenters. The number of nitrogens with zero attached hydrogens (tertiary/aromatic N) is 3. The van der Waals surface area contributed by atoms with Crippen molar-refractivity contribution in [3.05, 3.63) is 50.2 Å². The zero-order valence-electron chi connectivity index (χ0n) is 8.71. The van der Waals surface area contributed by atoms with Gasteiger partial charge in [0.15, 0.2) is 0 Å². The molecule has 0 fully saturated rings. The number of hydrogen-bond donors (Lipinski definition) is 0. The van der Waals surface area contributed by atoms with E-state index >= 15 is 0 Å². The van der Waals surface area contributed by atoms with Crippen LogP contribution < -0.4 is 0 Å². The molecule has 2 heterocycles. The molecule has 0 aliphatic heterocycles. The van der Waals surface area contributed by atoms with Gasteiger partial charge in [0, 0.05) is 12.3 Å². The largest absolute Gasteiger partial charge is 0.275 e. The maximum atomic E-state index is 10.7. The van der Waals surface area contributed by atoms with Gasteiger partial charge in [-0.1, -0.05) is 11.6 Å². The first kappa shape index (κ1) is 13.3. The summed E-state index contributed by atoms with van der Waals surface area (Å²) < 4.78 is 0.791. The highest BCUT2D eigenvalue weighted by Crippen LogP contribution is 2.32. The molecule has 0 saturated heterocycles. The van der Waals surface area contributed by atoms with Crippen LogP contribution in [-0.2, 0) is 0 Å². The molecule has 0 radical (unpaired) electrons. The minimum atomic E-state index is -0.509. The van der Waals surface area contributed by atoms with E-state index < -0.39 is 4.92 Å². The number of halogens is 2. The van der Waals surface area contributed by atoms with Crippen molar-refractivity contribution in [2.24, 2.45) is 0 Å². The van der Waals surface area contributed by atoms with Gasteiger partial charge in [0.2, 0.25) is 0 Å². The van der Waals surface area contributed by atoms with Crippen molar-refractivity contribution in [1.82, 2.24) is 9.97 Å². The van der Waals surface area contributed by atoms with E-state index in [0.717, 1.165) is 4.47 Å². The monoisotopic (exact) mass is 345 g/mol. The minimum absolute atomic E-state index is 0.0822. The van der Waals surface area contributed by atoms with Gasteiger partial charge in [0.25, 0.3) is 5.69 Å². The average molecular weight is 347 g/mol. The quantitative estimate of drug-likeness (QED) is 0.478. The van der Waals surface area contributed by atoms with E-state index in [0.29, 0.717) is 10.1 Å². The molecule has 0 atom stereocenters. The molecule has 5 nitrogen and oxygen atoms in total. The Balaban J connectivity index is 2.35. The molecule has 2 rings (SSSR count). The summed E-state index contributed by atoms with van der Waals surface area (Å²) in [4.78, 5) is 18.4. The molecule has 8 heteroatoms. The van der Waals surface area contributed by atoms with Crippen molar-refractivity contribution < 1.29 is 4.92 Å².